The number of fused-ring (bicyclic) bond motifs is 1. The number of carboxylic acid groups (broad SMARTS) is 1. The number of phenols is 2. The minimum Gasteiger partial charge on any atom is -0.508 e. The van der Waals surface area contributed by atoms with Crippen LogP contribution in [0, 0.1) is 0 Å². The first-order valence-corrected chi connectivity index (χ1v) is 14.0. The summed E-state index contributed by atoms with van der Waals surface area (Å²) in [5.41, 5.74) is 8.99. The first-order valence-electron chi connectivity index (χ1n) is 14.0. The van der Waals surface area contributed by atoms with Crippen molar-refractivity contribution in [1.82, 2.24) is 20.9 Å². The minimum atomic E-state index is -1.26. The number of amides is 3. The monoisotopic (exact) mass is 601 g/mol. The van der Waals surface area contributed by atoms with Crippen LogP contribution in [0.1, 0.15) is 23.6 Å². The van der Waals surface area contributed by atoms with E-state index in [1.807, 2.05) is 24.3 Å². The third kappa shape index (κ3) is 8.35. The van der Waals surface area contributed by atoms with Crippen molar-refractivity contribution in [1.29, 1.82) is 0 Å². The molecule has 0 saturated carbocycles. The maximum atomic E-state index is 13.4. The molecule has 0 fully saturated rings. The molecule has 0 spiro atoms. The quantitative estimate of drug-likeness (QED) is 0.112. The number of H-pyrrole nitrogens is 1. The predicted octanol–water partition coefficient (Wildman–Crippen LogP) is 1.49. The molecule has 3 aromatic carbocycles. The van der Waals surface area contributed by atoms with Gasteiger partial charge in [0, 0.05) is 29.9 Å². The molecule has 0 aliphatic heterocycles. The maximum Gasteiger partial charge on any atom is 0.326 e. The van der Waals surface area contributed by atoms with Gasteiger partial charge in [0.25, 0.3) is 0 Å². The summed E-state index contributed by atoms with van der Waals surface area (Å²) in [7, 11) is 0. The molecule has 4 atom stereocenters. The number of phenolic OH excluding ortho intramolecular Hbond substituents is 2. The van der Waals surface area contributed by atoms with Crippen LogP contribution in [-0.2, 0) is 38.4 Å². The first kappa shape index (κ1) is 31.6. The maximum absolute atomic E-state index is 13.4. The molecule has 0 aliphatic carbocycles. The van der Waals surface area contributed by atoms with Gasteiger partial charge in [-0.15, -0.1) is 0 Å². The van der Waals surface area contributed by atoms with Crippen LogP contribution in [-0.4, -0.2) is 68.2 Å². The molecule has 3 amide bonds. The van der Waals surface area contributed by atoms with Crippen LogP contribution >= 0.6 is 0 Å². The standard InChI is InChI=1S/C32H35N5O7/c1-18(29(40)37-28(32(43)44)16-21-17-34-26-5-3-2-4-24(21)26)35-31(42)27(15-20-8-12-23(39)13-9-20)36-30(41)25(33)14-19-6-10-22(38)11-7-19/h2-13,17-18,25,27-28,34,38-39H,14-16,33H2,1H3,(H,35,42)(H,36,41)(H,37,40)(H,43,44). The molecule has 0 radical (unpaired) electrons. The number of carboxylic acids is 1. The van der Waals surface area contributed by atoms with Crippen molar-refractivity contribution in [2.75, 3.05) is 0 Å². The van der Waals surface area contributed by atoms with E-state index in [1.54, 1.807) is 30.5 Å². The molecule has 0 saturated heterocycles. The number of carbonyl (C=O) groups is 4. The van der Waals surface area contributed by atoms with Crippen molar-refractivity contribution in [2.24, 2.45) is 5.73 Å². The molecule has 44 heavy (non-hydrogen) atoms. The van der Waals surface area contributed by atoms with Crippen LogP contribution in [0.2, 0.25) is 0 Å². The number of carbonyl (C=O) groups excluding carboxylic acids is 3. The summed E-state index contributed by atoms with van der Waals surface area (Å²) in [6.45, 7) is 1.41. The van der Waals surface area contributed by atoms with Crippen molar-refractivity contribution in [2.45, 2.75) is 50.4 Å². The van der Waals surface area contributed by atoms with Crippen molar-refractivity contribution < 1.29 is 34.5 Å². The number of nitrogens with one attached hydrogen (secondary N) is 4. The molecule has 12 heteroatoms. The molecule has 1 aromatic heterocycles. The highest BCUT2D eigenvalue weighted by Crippen LogP contribution is 2.19. The Hall–Kier alpha value is -5.36. The van der Waals surface area contributed by atoms with E-state index in [9.17, 15) is 34.5 Å². The average Bonchev–Trinajstić information content (AvgIpc) is 3.41. The lowest BCUT2D eigenvalue weighted by Crippen LogP contribution is -2.57. The lowest BCUT2D eigenvalue weighted by Gasteiger charge is -2.24. The lowest BCUT2D eigenvalue weighted by molar-refractivity contribution is -0.142. The number of hydrogen-bond donors (Lipinski definition) is 8. The fraction of sp³-hybridized carbons (Fsp3) is 0.250. The lowest BCUT2D eigenvalue weighted by atomic mass is 10.0. The summed E-state index contributed by atoms with van der Waals surface area (Å²) in [6.07, 6.45) is 1.88. The van der Waals surface area contributed by atoms with Crippen molar-refractivity contribution in [3.8, 4) is 11.5 Å². The van der Waals surface area contributed by atoms with Gasteiger partial charge in [-0.25, -0.2) is 4.79 Å². The number of aromatic amines is 1. The van der Waals surface area contributed by atoms with E-state index in [2.05, 4.69) is 20.9 Å². The van der Waals surface area contributed by atoms with Crippen LogP contribution in [0.15, 0.2) is 79.0 Å². The summed E-state index contributed by atoms with van der Waals surface area (Å²) in [5.74, 6) is -3.15. The smallest absolute Gasteiger partial charge is 0.326 e. The zero-order chi connectivity index (χ0) is 31.8. The molecular weight excluding hydrogens is 566 g/mol. The summed E-state index contributed by atoms with van der Waals surface area (Å²) in [4.78, 5) is 54.5. The number of aliphatic carboxylic acids is 1. The van der Waals surface area contributed by atoms with Gasteiger partial charge >= 0.3 is 5.97 Å². The van der Waals surface area contributed by atoms with Gasteiger partial charge in [0.2, 0.25) is 17.7 Å². The summed E-state index contributed by atoms with van der Waals surface area (Å²) in [5, 5.41) is 37.5. The van der Waals surface area contributed by atoms with Gasteiger partial charge in [-0.05, 0) is 60.4 Å². The molecule has 4 unspecified atom stereocenters. The third-order valence-electron chi connectivity index (χ3n) is 7.20. The second kappa shape index (κ2) is 14.2. The van der Waals surface area contributed by atoms with E-state index in [4.69, 9.17) is 5.73 Å². The fourth-order valence-electron chi connectivity index (χ4n) is 4.73. The minimum absolute atomic E-state index is 0.0181. The molecule has 0 aliphatic rings. The zero-order valence-electron chi connectivity index (χ0n) is 24.0. The second-order valence-electron chi connectivity index (χ2n) is 10.6. The molecule has 1 heterocycles. The van der Waals surface area contributed by atoms with Crippen LogP contribution in [0.4, 0.5) is 0 Å². The van der Waals surface area contributed by atoms with E-state index in [1.165, 1.54) is 31.2 Å². The van der Waals surface area contributed by atoms with Crippen LogP contribution in [0.25, 0.3) is 10.9 Å². The van der Waals surface area contributed by atoms with E-state index in [-0.39, 0.29) is 30.8 Å². The topological polar surface area (TPSA) is 207 Å². The van der Waals surface area contributed by atoms with Crippen LogP contribution < -0.4 is 21.7 Å². The Morgan fingerprint density at radius 2 is 1.30 bits per heavy atom. The van der Waals surface area contributed by atoms with Crippen LogP contribution in [0.3, 0.4) is 0 Å². The second-order valence-corrected chi connectivity index (χ2v) is 10.6. The highest BCUT2D eigenvalue weighted by Gasteiger charge is 2.29. The Labute approximate surface area is 253 Å². The Balaban J connectivity index is 1.42. The normalized spacial score (nSPS) is 13.8. The Kier molecular flexibility index (Phi) is 10.2. The van der Waals surface area contributed by atoms with Gasteiger partial charge in [-0.3, -0.25) is 14.4 Å². The van der Waals surface area contributed by atoms with E-state index >= 15 is 0 Å². The molecule has 12 nitrogen and oxygen atoms in total. The van der Waals surface area contributed by atoms with Gasteiger partial charge in [0.05, 0.1) is 6.04 Å². The van der Waals surface area contributed by atoms with Gasteiger partial charge in [-0.2, -0.15) is 0 Å². The zero-order valence-corrected chi connectivity index (χ0v) is 24.0. The molecule has 4 rings (SSSR count). The number of aromatic hydroxyl groups is 2. The molecule has 0 bridgehead atoms. The van der Waals surface area contributed by atoms with E-state index in [0.29, 0.717) is 16.7 Å². The SMILES string of the molecule is CC(NC(=O)C(Cc1ccc(O)cc1)NC(=O)C(N)Cc1ccc(O)cc1)C(=O)NC(Cc1c[nH]c2ccccc12)C(=O)O. The molecule has 4 aromatic rings. The number of aromatic nitrogens is 1. The van der Waals surface area contributed by atoms with Crippen molar-refractivity contribution in [3.05, 3.63) is 95.7 Å². The van der Waals surface area contributed by atoms with Gasteiger partial charge < -0.3 is 42.0 Å². The van der Waals surface area contributed by atoms with Gasteiger partial charge in [-0.1, -0.05) is 42.5 Å². The number of nitrogens with two attached hydrogens (primary N) is 1. The summed E-state index contributed by atoms with van der Waals surface area (Å²) in [6, 6.07) is 15.1. The Morgan fingerprint density at radius 3 is 1.91 bits per heavy atom. The molecule has 9 N–H and O–H groups in total. The Bertz CT molecular complexity index is 1620. The number of rotatable bonds is 13. The van der Waals surface area contributed by atoms with E-state index in [0.717, 1.165) is 10.9 Å². The fourth-order valence-corrected chi connectivity index (χ4v) is 4.73. The van der Waals surface area contributed by atoms with Gasteiger partial charge in [0.15, 0.2) is 0 Å². The van der Waals surface area contributed by atoms with Crippen molar-refractivity contribution in [3.63, 3.8) is 0 Å². The Morgan fingerprint density at radius 1 is 0.727 bits per heavy atom. The largest absolute Gasteiger partial charge is 0.508 e. The summed E-state index contributed by atoms with van der Waals surface area (Å²) >= 11 is 0. The molecular formula is C32H35N5O7. The van der Waals surface area contributed by atoms with Crippen LogP contribution in [0.5, 0.6) is 11.5 Å². The number of para-hydroxylation sites is 1. The number of benzene rings is 3. The summed E-state index contributed by atoms with van der Waals surface area (Å²) < 4.78 is 0. The first-order chi connectivity index (χ1) is 21.0. The van der Waals surface area contributed by atoms with Crippen molar-refractivity contribution >= 4 is 34.6 Å². The predicted molar refractivity (Wildman–Crippen MR) is 163 cm³/mol. The molecule has 230 valence electrons. The highest BCUT2D eigenvalue weighted by molar-refractivity contribution is 5.94. The number of hydrogen-bond acceptors (Lipinski definition) is 7. The highest BCUT2D eigenvalue weighted by atomic mass is 16.4. The third-order valence-corrected chi connectivity index (χ3v) is 7.20. The van der Waals surface area contributed by atoms with Gasteiger partial charge in [0.1, 0.15) is 29.6 Å². The van der Waals surface area contributed by atoms with E-state index < -0.39 is 47.9 Å². The average molecular weight is 602 g/mol.